The van der Waals surface area contributed by atoms with Gasteiger partial charge in [-0.3, -0.25) is 4.79 Å². The lowest BCUT2D eigenvalue weighted by atomic mass is 9.64. The molecule has 0 aliphatic rings. The highest BCUT2D eigenvalue weighted by molar-refractivity contribution is 6.64. The van der Waals surface area contributed by atoms with E-state index < -0.39 is 6.92 Å². The zero-order chi connectivity index (χ0) is 13.0. The van der Waals surface area contributed by atoms with Crippen molar-refractivity contribution in [1.82, 2.24) is 4.73 Å². The number of aromatic nitrogens is 1. The molecule has 1 heterocycles. The van der Waals surface area contributed by atoms with Crippen molar-refractivity contribution in [3.05, 3.63) is 64.6 Å². The summed E-state index contributed by atoms with van der Waals surface area (Å²) in [6.45, 7) is 1.55. The van der Waals surface area contributed by atoms with Gasteiger partial charge >= 0.3 is 6.92 Å². The van der Waals surface area contributed by atoms with Crippen LogP contribution in [-0.4, -0.2) is 16.7 Å². The minimum absolute atomic E-state index is 0.196. The van der Waals surface area contributed by atoms with Crippen LogP contribution >= 0.6 is 0 Å². The zero-order valence-electron chi connectivity index (χ0n) is 10.1. The highest BCUT2D eigenvalue weighted by Gasteiger charge is 2.05. The molecule has 0 aliphatic carbocycles. The van der Waals surface area contributed by atoms with Crippen molar-refractivity contribution < 1.29 is 9.86 Å². The average molecular weight is 243 g/mol. The van der Waals surface area contributed by atoms with Crippen LogP contribution in [0.5, 0.6) is 0 Å². The molecule has 0 radical (unpaired) electrons. The summed E-state index contributed by atoms with van der Waals surface area (Å²) in [6.07, 6.45) is 1.58. The second kappa shape index (κ2) is 5.55. The summed E-state index contributed by atoms with van der Waals surface area (Å²) in [5, 5.41) is 9.38. The fourth-order valence-electron chi connectivity index (χ4n) is 1.56. The van der Waals surface area contributed by atoms with E-state index >= 15 is 0 Å². The van der Waals surface area contributed by atoms with Crippen LogP contribution < -0.4 is 15.9 Å². The summed E-state index contributed by atoms with van der Waals surface area (Å²) < 4.78 is 1.20. The lowest BCUT2D eigenvalue weighted by Gasteiger charge is -2.08. The Bertz CT molecular complexity index is 563. The lowest BCUT2D eigenvalue weighted by Crippen LogP contribution is -2.27. The molecule has 0 atom stereocenters. The van der Waals surface area contributed by atoms with Crippen LogP contribution in [0.15, 0.2) is 53.5 Å². The molecule has 18 heavy (non-hydrogen) atoms. The molecule has 2 rings (SSSR count). The third-order valence-corrected chi connectivity index (χ3v) is 2.62. The highest BCUT2D eigenvalue weighted by atomic mass is 16.7. The van der Waals surface area contributed by atoms with Crippen molar-refractivity contribution in [1.29, 1.82) is 0 Å². The predicted octanol–water partition coefficient (Wildman–Crippen LogP) is 0.298. The molecule has 0 fully saturated rings. The SMILES string of the molecule is CB(O)c1ccc(COn2ccccc2=O)cc1. The van der Waals surface area contributed by atoms with Gasteiger partial charge in [0.05, 0.1) is 0 Å². The standard InChI is InChI=1S/C13H14BNO3/c1-14(17)12-7-5-11(6-8-12)10-18-15-9-3-2-4-13(15)16/h2-9,17H,10H2,1H3. The molecule has 1 aromatic heterocycles. The number of hydrogen-bond acceptors (Lipinski definition) is 3. The summed E-state index contributed by atoms with van der Waals surface area (Å²) in [4.78, 5) is 16.8. The first-order valence-electron chi connectivity index (χ1n) is 5.74. The molecule has 92 valence electrons. The Morgan fingerprint density at radius 1 is 1.22 bits per heavy atom. The number of nitrogens with zero attached hydrogens (tertiary/aromatic N) is 1. The predicted molar refractivity (Wildman–Crippen MR) is 70.9 cm³/mol. The van der Waals surface area contributed by atoms with E-state index in [1.54, 1.807) is 25.2 Å². The topological polar surface area (TPSA) is 51.5 Å². The normalized spacial score (nSPS) is 10.1. The summed E-state index contributed by atoms with van der Waals surface area (Å²) in [7, 11) is 0. The Kier molecular flexibility index (Phi) is 3.84. The van der Waals surface area contributed by atoms with Crippen LogP contribution in [-0.2, 0) is 6.61 Å². The largest absolute Gasteiger partial charge is 0.447 e. The third kappa shape index (κ3) is 3.02. The molecule has 0 saturated heterocycles. The lowest BCUT2D eigenvalue weighted by molar-refractivity contribution is 0.0891. The van der Waals surface area contributed by atoms with Gasteiger partial charge in [-0.1, -0.05) is 37.2 Å². The highest BCUT2D eigenvalue weighted by Crippen LogP contribution is 1.98. The molecular formula is C13H14BNO3. The van der Waals surface area contributed by atoms with Gasteiger partial charge in [0.25, 0.3) is 5.56 Å². The van der Waals surface area contributed by atoms with Gasteiger partial charge in [0.1, 0.15) is 6.61 Å². The smallest absolute Gasteiger partial charge is 0.320 e. The first-order valence-corrected chi connectivity index (χ1v) is 5.74. The Balaban J connectivity index is 2.03. The van der Waals surface area contributed by atoms with Crippen LogP contribution in [0.1, 0.15) is 5.56 Å². The third-order valence-electron chi connectivity index (χ3n) is 2.62. The van der Waals surface area contributed by atoms with E-state index in [0.717, 1.165) is 11.0 Å². The van der Waals surface area contributed by atoms with Gasteiger partial charge in [-0.2, -0.15) is 4.73 Å². The molecule has 0 aliphatic heterocycles. The quantitative estimate of drug-likeness (QED) is 0.785. The van der Waals surface area contributed by atoms with Gasteiger partial charge in [0, 0.05) is 12.3 Å². The van der Waals surface area contributed by atoms with Crippen molar-refractivity contribution in [2.75, 3.05) is 0 Å². The van der Waals surface area contributed by atoms with E-state index in [4.69, 9.17) is 4.84 Å². The first-order chi connectivity index (χ1) is 8.66. The molecule has 2 aromatic rings. The Morgan fingerprint density at radius 2 is 1.94 bits per heavy atom. The molecule has 0 bridgehead atoms. The molecular weight excluding hydrogens is 229 g/mol. The van der Waals surface area contributed by atoms with E-state index in [1.807, 2.05) is 24.3 Å². The molecule has 0 spiro atoms. The van der Waals surface area contributed by atoms with Crippen LogP contribution in [0.4, 0.5) is 0 Å². The summed E-state index contributed by atoms with van der Waals surface area (Å²) in [5.74, 6) is 0. The molecule has 1 aromatic carbocycles. The first kappa shape index (κ1) is 12.5. The summed E-state index contributed by atoms with van der Waals surface area (Å²) in [5.41, 5.74) is 1.60. The van der Waals surface area contributed by atoms with Crippen LogP contribution in [0.3, 0.4) is 0 Å². The van der Waals surface area contributed by atoms with Gasteiger partial charge in [-0.15, -0.1) is 0 Å². The van der Waals surface area contributed by atoms with E-state index in [2.05, 4.69) is 0 Å². The van der Waals surface area contributed by atoms with E-state index in [0.29, 0.717) is 6.61 Å². The summed E-state index contributed by atoms with van der Waals surface area (Å²) in [6, 6.07) is 12.3. The molecule has 0 saturated carbocycles. The van der Waals surface area contributed by atoms with Gasteiger partial charge < -0.3 is 9.86 Å². The molecule has 0 amide bonds. The molecule has 0 unspecified atom stereocenters. The maximum absolute atomic E-state index is 11.4. The number of pyridine rings is 1. The Hall–Kier alpha value is -2.01. The number of hydrogen-bond donors (Lipinski definition) is 1. The number of benzene rings is 1. The van der Waals surface area contributed by atoms with Gasteiger partial charge in [0.2, 0.25) is 0 Å². The van der Waals surface area contributed by atoms with Crippen LogP contribution in [0.25, 0.3) is 0 Å². The maximum Gasteiger partial charge on any atom is 0.320 e. The van der Waals surface area contributed by atoms with Crippen molar-refractivity contribution in [2.24, 2.45) is 0 Å². The van der Waals surface area contributed by atoms with Crippen molar-refractivity contribution in [2.45, 2.75) is 13.4 Å². The molecule has 4 nitrogen and oxygen atoms in total. The maximum atomic E-state index is 11.4. The van der Waals surface area contributed by atoms with Gasteiger partial charge in [-0.25, -0.2) is 0 Å². The van der Waals surface area contributed by atoms with Crippen molar-refractivity contribution in [3.63, 3.8) is 0 Å². The van der Waals surface area contributed by atoms with Crippen molar-refractivity contribution >= 4 is 12.4 Å². The van der Waals surface area contributed by atoms with Crippen molar-refractivity contribution in [3.8, 4) is 0 Å². The van der Waals surface area contributed by atoms with Gasteiger partial charge in [-0.05, 0) is 17.1 Å². The summed E-state index contributed by atoms with van der Waals surface area (Å²) >= 11 is 0. The van der Waals surface area contributed by atoms with Gasteiger partial charge in [0.15, 0.2) is 0 Å². The monoisotopic (exact) mass is 243 g/mol. The minimum atomic E-state index is -0.475. The Morgan fingerprint density at radius 3 is 2.56 bits per heavy atom. The second-order valence-electron chi connectivity index (χ2n) is 4.06. The number of rotatable bonds is 4. The molecule has 5 heteroatoms. The van der Waals surface area contributed by atoms with E-state index in [-0.39, 0.29) is 5.56 Å². The zero-order valence-corrected chi connectivity index (χ0v) is 10.1. The van der Waals surface area contributed by atoms with E-state index in [9.17, 15) is 9.82 Å². The Labute approximate surface area is 106 Å². The fraction of sp³-hybridized carbons (Fsp3) is 0.154. The fourth-order valence-corrected chi connectivity index (χ4v) is 1.56. The van der Waals surface area contributed by atoms with Crippen LogP contribution in [0.2, 0.25) is 6.82 Å². The minimum Gasteiger partial charge on any atom is -0.447 e. The average Bonchev–Trinajstić information content (AvgIpc) is 2.38. The molecule has 1 N–H and O–H groups in total. The van der Waals surface area contributed by atoms with Crippen LogP contribution in [0, 0.1) is 0 Å². The second-order valence-corrected chi connectivity index (χ2v) is 4.06. The van der Waals surface area contributed by atoms with E-state index in [1.165, 1.54) is 10.8 Å².